The fraction of sp³-hybridized carbons (Fsp3) is 0.917. The third-order valence-corrected chi connectivity index (χ3v) is 3.66. The van der Waals surface area contributed by atoms with Gasteiger partial charge in [-0.15, -0.1) is 0 Å². The minimum Gasteiger partial charge on any atom is -0.342 e. The summed E-state index contributed by atoms with van der Waals surface area (Å²) in [7, 11) is 2.11. The van der Waals surface area contributed by atoms with Crippen LogP contribution in [0.2, 0.25) is 0 Å². The lowest BCUT2D eigenvalue weighted by Gasteiger charge is -2.23. The molecule has 3 heteroatoms. The number of amides is 1. The third-order valence-electron chi connectivity index (χ3n) is 3.66. The molecule has 1 amide bonds. The summed E-state index contributed by atoms with van der Waals surface area (Å²) >= 11 is 0. The van der Waals surface area contributed by atoms with Gasteiger partial charge < -0.3 is 9.80 Å². The van der Waals surface area contributed by atoms with Gasteiger partial charge in [-0.1, -0.05) is 12.8 Å². The van der Waals surface area contributed by atoms with E-state index >= 15 is 0 Å². The van der Waals surface area contributed by atoms with Gasteiger partial charge in [-0.05, 0) is 32.9 Å². The molecule has 2 aliphatic heterocycles. The number of hydrogen-bond acceptors (Lipinski definition) is 2. The second-order valence-corrected chi connectivity index (χ2v) is 4.99. The first kappa shape index (κ1) is 10.9. The molecule has 0 aliphatic carbocycles. The van der Waals surface area contributed by atoms with E-state index in [2.05, 4.69) is 16.8 Å². The van der Waals surface area contributed by atoms with E-state index in [1.807, 2.05) is 0 Å². The lowest BCUT2D eigenvalue weighted by molar-refractivity contribution is -0.135. The fourth-order valence-electron chi connectivity index (χ4n) is 2.69. The van der Waals surface area contributed by atoms with E-state index in [0.29, 0.717) is 5.91 Å². The van der Waals surface area contributed by atoms with Gasteiger partial charge in [0.15, 0.2) is 0 Å². The number of hydrogen-bond donors (Lipinski definition) is 0. The molecule has 15 heavy (non-hydrogen) atoms. The molecular formula is C12H22N2O. The molecule has 86 valence electrons. The molecule has 0 bridgehead atoms. The Morgan fingerprint density at radius 2 is 1.73 bits per heavy atom. The van der Waals surface area contributed by atoms with Gasteiger partial charge >= 0.3 is 0 Å². The van der Waals surface area contributed by atoms with Crippen molar-refractivity contribution in [1.82, 2.24) is 9.80 Å². The van der Waals surface area contributed by atoms with Crippen LogP contribution in [0.4, 0.5) is 0 Å². The average Bonchev–Trinajstić information content (AvgIpc) is 2.53. The molecule has 2 saturated heterocycles. The maximum Gasteiger partial charge on any atom is 0.227 e. The van der Waals surface area contributed by atoms with Crippen LogP contribution < -0.4 is 0 Å². The Morgan fingerprint density at radius 1 is 1.07 bits per heavy atom. The lowest BCUT2D eigenvalue weighted by atomic mass is 10.1. The zero-order valence-electron chi connectivity index (χ0n) is 9.74. The summed E-state index contributed by atoms with van der Waals surface area (Å²) in [5, 5.41) is 0. The van der Waals surface area contributed by atoms with Crippen LogP contribution in [0.1, 0.15) is 32.1 Å². The summed E-state index contributed by atoms with van der Waals surface area (Å²) in [5.41, 5.74) is 0. The van der Waals surface area contributed by atoms with E-state index in [9.17, 15) is 4.79 Å². The van der Waals surface area contributed by atoms with Crippen LogP contribution in [-0.2, 0) is 4.79 Å². The quantitative estimate of drug-likeness (QED) is 0.652. The number of carbonyl (C=O) groups is 1. The van der Waals surface area contributed by atoms with Crippen LogP contribution in [0.25, 0.3) is 0 Å². The van der Waals surface area contributed by atoms with Gasteiger partial charge in [-0.2, -0.15) is 0 Å². The molecule has 1 atom stereocenters. The first-order valence-electron chi connectivity index (χ1n) is 6.25. The van der Waals surface area contributed by atoms with Crippen molar-refractivity contribution in [2.75, 3.05) is 33.2 Å². The zero-order valence-corrected chi connectivity index (χ0v) is 9.74. The van der Waals surface area contributed by atoms with Crippen LogP contribution in [0.3, 0.4) is 0 Å². The topological polar surface area (TPSA) is 23.6 Å². The fourth-order valence-corrected chi connectivity index (χ4v) is 2.69. The van der Waals surface area contributed by atoms with E-state index < -0.39 is 0 Å². The minimum absolute atomic E-state index is 0.285. The number of nitrogens with zero attached hydrogens (tertiary/aromatic N) is 2. The molecule has 0 aromatic heterocycles. The van der Waals surface area contributed by atoms with Crippen molar-refractivity contribution in [3.8, 4) is 0 Å². The molecule has 2 rings (SSSR count). The molecule has 0 spiro atoms. The Balaban J connectivity index is 1.88. The Morgan fingerprint density at radius 3 is 2.27 bits per heavy atom. The Kier molecular flexibility index (Phi) is 3.62. The van der Waals surface area contributed by atoms with Gasteiger partial charge in [0.1, 0.15) is 0 Å². The molecule has 0 saturated carbocycles. The molecule has 3 nitrogen and oxygen atoms in total. The molecular weight excluding hydrogens is 188 g/mol. The van der Waals surface area contributed by atoms with Gasteiger partial charge in [0.05, 0.1) is 5.92 Å². The first-order chi connectivity index (χ1) is 7.27. The second-order valence-electron chi connectivity index (χ2n) is 4.99. The molecule has 0 aromatic rings. The summed E-state index contributed by atoms with van der Waals surface area (Å²) in [5.74, 6) is 0.703. The molecule has 2 fully saturated rings. The van der Waals surface area contributed by atoms with Crippen molar-refractivity contribution in [2.24, 2.45) is 5.92 Å². The number of likely N-dealkylation sites (tertiary alicyclic amines) is 2. The van der Waals surface area contributed by atoms with Gasteiger partial charge in [0.25, 0.3) is 0 Å². The summed E-state index contributed by atoms with van der Waals surface area (Å²) in [4.78, 5) is 16.6. The Bertz CT molecular complexity index is 222. The number of carbonyl (C=O) groups excluding carboxylic acids is 1. The van der Waals surface area contributed by atoms with Crippen LogP contribution in [0.5, 0.6) is 0 Å². The maximum atomic E-state index is 12.2. The van der Waals surface area contributed by atoms with E-state index in [0.717, 1.165) is 32.6 Å². The van der Waals surface area contributed by atoms with Crippen LogP contribution in [-0.4, -0.2) is 48.9 Å². The number of rotatable bonds is 1. The SMILES string of the molecule is CN1CCC(C(=O)N2CCCCCC2)C1. The van der Waals surface area contributed by atoms with Crippen molar-refractivity contribution in [2.45, 2.75) is 32.1 Å². The van der Waals surface area contributed by atoms with Crippen LogP contribution in [0.15, 0.2) is 0 Å². The molecule has 0 N–H and O–H groups in total. The summed E-state index contributed by atoms with van der Waals surface area (Å²) in [6.45, 7) is 4.05. The summed E-state index contributed by atoms with van der Waals surface area (Å²) in [6, 6.07) is 0. The van der Waals surface area contributed by atoms with E-state index in [1.165, 1.54) is 25.7 Å². The van der Waals surface area contributed by atoms with Gasteiger partial charge in [-0.25, -0.2) is 0 Å². The zero-order chi connectivity index (χ0) is 10.7. The van der Waals surface area contributed by atoms with Gasteiger partial charge in [-0.3, -0.25) is 4.79 Å². The summed E-state index contributed by atoms with van der Waals surface area (Å²) in [6.07, 6.45) is 6.07. The third kappa shape index (κ3) is 2.71. The second kappa shape index (κ2) is 4.97. The van der Waals surface area contributed by atoms with Crippen molar-refractivity contribution in [3.05, 3.63) is 0 Å². The van der Waals surface area contributed by atoms with Crippen LogP contribution in [0, 0.1) is 5.92 Å². The smallest absolute Gasteiger partial charge is 0.227 e. The highest BCUT2D eigenvalue weighted by atomic mass is 16.2. The average molecular weight is 210 g/mol. The predicted molar refractivity (Wildman–Crippen MR) is 60.7 cm³/mol. The Hall–Kier alpha value is -0.570. The van der Waals surface area contributed by atoms with E-state index in [4.69, 9.17) is 0 Å². The highest BCUT2D eigenvalue weighted by Gasteiger charge is 2.29. The minimum atomic E-state index is 0.285. The van der Waals surface area contributed by atoms with Gasteiger partial charge in [0.2, 0.25) is 5.91 Å². The first-order valence-corrected chi connectivity index (χ1v) is 6.25. The standard InChI is InChI=1S/C12H22N2O/c1-13-9-6-11(10-13)12(15)14-7-4-2-3-5-8-14/h11H,2-10H2,1H3. The monoisotopic (exact) mass is 210 g/mol. The highest BCUT2D eigenvalue weighted by molar-refractivity contribution is 5.79. The largest absolute Gasteiger partial charge is 0.342 e. The predicted octanol–water partition coefficient (Wildman–Crippen LogP) is 1.34. The van der Waals surface area contributed by atoms with Crippen molar-refractivity contribution in [3.63, 3.8) is 0 Å². The summed E-state index contributed by atoms with van der Waals surface area (Å²) < 4.78 is 0. The molecule has 1 unspecified atom stereocenters. The van der Waals surface area contributed by atoms with Crippen molar-refractivity contribution < 1.29 is 4.79 Å². The van der Waals surface area contributed by atoms with Crippen LogP contribution >= 0.6 is 0 Å². The highest BCUT2D eigenvalue weighted by Crippen LogP contribution is 2.19. The van der Waals surface area contributed by atoms with Gasteiger partial charge in [0, 0.05) is 19.6 Å². The molecule has 0 radical (unpaired) electrons. The maximum absolute atomic E-state index is 12.2. The normalized spacial score (nSPS) is 29.1. The molecule has 2 aliphatic rings. The lowest BCUT2D eigenvalue weighted by Crippen LogP contribution is -2.37. The molecule has 2 heterocycles. The van der Waals surface area contributed by atoms with E-state index in [1.54, 1.807) is 0 Å². The van der Waals surface area contributed by atoms with Crippen molar-refractivity contribution in [1.29, 1.82) is 0 Å². The molecule has 0 aromatic carbocycles. The Labute approximate surface area is 92.4 Å². The van der Waals surface area contributed by atoms with E-state index in [-0.39, 0.29) is 5.92 Å². The van der Waals surface area contributed by atoms with Crippen molar-refractivity contribution >= 4 is 5.91 Å².